The zero-order valence-corrected chi connectivity index (χ0v) is 18.6. The number of anilines is 1. The molecule has 0 N–H and O–H groups in total. The molecule has 0 spiro atoms. The van der Waals surface area contributed by atoms with Gasteiger partial charge in [-0.25, -0.2) is 8.42 Å². The number of thioether (sulfide) groups is 1. The fourth-order valence-corrected chi connectivity index (χ4v) is 7.63. The summed E-state index contributed by atoms with van der Waals surface area (Å²) in [6, 6.07) is 10.4. The molecular weight excluding hydrogens is 489 g/mol. The number of hydrogen-bond acceptors (Lipinski definition) is 5. The van der Waals surface area contributed by atoms with Gasteiger partial charge >= 0.3 is 6.18 Å². The lowest BCUT2D eigenvalue weighted by atomic mass is 10.1. The highest BCUT2D eigenvalue weighted by Crippen LogP contribution is 2.45. The first-order valence-electron chi connectivity index (χ1n) is 9.36. The van der Waals surface area contributed by atoms with E-state index < -0.39 is 45.4 Å². The van der Waals surface area contributed by atoms with Crippen LogP contribution in [0.4, 0.5) is 18.9 Å². The third-order valence-corrected chi connectivity index (χ3v) is 8.39. The third-order valence-electron chi connectivity index (χ3n) is 4.93. The van der Waals surface area contributed by atoms with Crippen molar-refractivity contribution in [2.24, 2.45) is 4.99 Å². The highest BCUT2D eigenvalue weighted by molar-refractivity contribution is 8.16. The van der Waals surface area contributed by atoms with Gasteiger partial charge in [-0.15, -0.1) is 0 Å². The van der Waals surface area contributed by atoms with Crippen molar-refractivity contribution in [1.82, 2.24) is 0 Å². The summed E-state index contributed by atoms with van der Waals surface area (Å²) >= 11 is 6.79. The molecule has 0 saturated carbocycles. The number of hydrogen-bond donors (Lipinski definition) is 0. The lowest BCUT2D eigenvalue weighted by Crippen LogP contribution is -2.39. The molecule has 2 aliphatic heterocycles. The van der Waals surface area contributed by atoms with Crippen molar-refractivity contribution < 1.29 is 31.1 Å². The van der Waals surface area contributed by atoms with Crippen LogP contribution in [0.2, 0.25) is 5.02 Å². The Kier molecular flexibility index (Phi) is 6.17. The molecule has 2 fully saturated rings. The Labute approximate surface area is 191 Å². The van der Waals surface area contributed by atoms with Gasteiger partial charge in [-0.1, -0.05) is 35.5 Å². The number of benzene rings is 2. The molecule has 12 heteroatoms. The first kappa shape index (κ1) is 22.9. The van der Waals surface area contributed by atoms with E-state index in [9.17, 15) is 26.4 Å². The molecule has 2 aliphatic rings. The van der Waals surface area contributed by atoms with Crippen LogP contribution in [-0.2, 0) is 20.8 Å². The summed E-state index contributed by atoms with van der Waals surface area (Å²) in [4.78, 5) is 17.6. The van der Waals surface area contributed by atoms with Crippen LogP contribution in [0.1, 0.15) is 5.56 Å². The second kappa shape index (κ2) is 8.60. The number of amides is 1. The zero-order valence-electron chi connectivity index (χ0n) is 16.3. The van der Waals surface area contributed by atoms with E-state index in [1.807, 2.05) is 0 Å². The van der Waals surface area contributed by atoms with Gasteiger partial charge in [0.2, 0.25) is 0 Å². The summed E-state index contributed by atoms with van der Waals surface area (Å²) < 4.78 is 70.5. The van der Waals surface area contributed by atoms with Crippen molar-refractivity contribution >= 4 is 50.0 Å². The Morgan fingerprint density at radius 1 is 1.16 bits per heavy atom. The highest BCUT2D eigenvalue weighted by atomic mass is 35.5. The molecule has 170 valence electrons. The van der Waals surface area contributed by atoms with Crippen LogP contribution >= 0.6 is 23.4 Å². The number of nitrogens with zero attached hydrogens (tertiary/aromatic N) is 2. The minimum atomic E-state index is -4.66. The predicted octanol–water partition coefficient (Wildman–Crippen LogP) is 4.04. The Hall–Kier alpha value is -2.24. The van der Waals surface area contributed by atoms with Crippen molar-refractivity contribution in [3.63, 3.8) is 0 Å². The van der Waals surface area contributed by atoms with Crippen molar-refractivity contribution in [3.8, 4) is 5.75 Å². The number of rotatable bonds is 4. The predicted molar refractivity (Wildman–Crippen MR) is 117 cm³/mol. The number of aliphatic imine (C=N–C) groups is 1. The number of alkyl halides is 3. The SMILES string of the molecule is O=C(COc1ccc(Cl)cc1)N=C1S[C@H]2CS(=O)(=O)C[C@H]2N1c1ccccc1C(F)(F)F. The van der Waals surface area contributed by atoms with Crippen LogP contribution in [0.15, 0.2) is 53.5 Å². The molecule has 2 heterocycles. The van der Waals surface area contributed by atoms with Crippen molar-refractivity contribution in [3.05, 3.63) is 59.1 Å². The molecule has 4 rings (SSSR count). The number of fused-ring (bicyclic) bond motifs is 1. The Bertz CT molecular complexity index is 1170. The number of carbonyl (C=O) groups excluding carboxylic acids is 1. The van der Waals surface area contributed by atoms with Crippen LogP contribution in [0, 0.1) is 0 Å². The van der Waals surface area contributed by atoms with E-state index in [1.54, 1.807) is 24.3 Å². The van der Waals surface area contributed by atoms with Crippen molar-refractivity contribution in [2.75, 3.05) is 23.0 Å². The van der Waals surface area contributed by atoms with Gasteiger partial charge in [0.1, 0.15) is 5.75 Å². The average molecular weight is 505 g/mol. The van der Waals surface area contributed by atoms with Crippen LogP contribution < -0.4 is 9.64 Å². The van der Waals surface area contributed by atoms with Gasteiger partial charge in [0.15, 0.2) is 21.6 Å². The summed E-state index contributed by atoms with van der Waals surface area (Å²) in [5.74, 6) is -0.837. The molecule has 6 nitrogen and oxygen atoms in total. The molecule has 2 aromatic rings. The van der Waals surface area contributed by atoms with Gasteiger partial charge < -0.3 is 9.64 Å². The van der Waals surface area contributed by atoms with E-state index in [4.69, 9.17) is 16.3 Å². The van der Waals surface area contributed by atoms with Gasteiger partial charge in [-0.2, -0.15) is 18.2 Å². The summed E-state index contributed by atoms with van der Waals surface area (Å²) in [6.07, 6.45) is -4.66. The van der Waals surface area contributed by atoms with E-state index in [1.165, 1.54) is 23.1 Å². The molecule has 0 aromatic heterocycles. The minimum Gasteiger partial charge on any atom is -0.484 e. The molecular formula is C20H16ClF3N2O4S2. The van der Waals surface area contributed by atoms with E-state index >= 15 is 0 Å². The van der Waals surface area contributed by atoms with Gasteiger partial charge in [-0.3, -0.25) is 4.79 Å². The molecule has 0 bridgehead atoms. The molecule has 2 aromatic carbocycles. The molecule has 0 unspecified atom stereocenters. The van der Waals surface area contributed by atoms with Gasteiger partial charge in [0.25, 0.3) is 5.91 Å². The monoisotopic (exact) mass is 504 g/mol. The number of sulfone groups is 1. The van der Waals surface area contributed by atoms with E-state index in [2.05, 4.69) is 4.99 Å². The van der Waals surface area contributed by atoms with Gasteiger partial charge in [0, 0.05) is 10.3 Å². The maximum Gasteiger partial charge on any atom is 0.418 e. The molecule has 32 heavy (non-hydrogen) atoms. The maximum absolute atomic E-state index is 13.6. The Morgan fingerprint density at radius 2 is 1.84 bits per heavy atom. The van der Waals surface area contributed by atoms with E-state index in [0.29, 0.717) is 10.8 Å². The first-order valence-corrected chi connectivity index (χ1v) is 12.4. The van der Waals surface area contributed by atoms with Crippen molar-refractivity contribution in [1.29, 1.82) is 0 Å². The summed E-state index contributed by atoms with van der Waals surface area (Å²) in [7, 11) is -3.42. The average Bonchev–Trinajstić information content (AvgIpc) is 3.17. The Balaban J connectivity index is 1.64. The Morgan fingerprint density at radius 3 is 2.53 bits per heavy atom. The second-order valence-electron chi connectivity index (χ2n) is 7.22. The largest absolute Gasteiger partial charge is 0.484 e. The lowest BCUT2D eigenvalue weighted by molar-refractivity contribution is -0.137. The van der Waals surface area contributed by atoms with Crippen molar-refractivity contribution in [2.45, 2.75) is 17.5 Å². The number of para-hydroxylation sites is 1. The molecule has 2 atom stereocenters. The standard InChI is InChI=1S/C20H16ClF3N2O4S2/c21-12-5-7-13(8-6-12)30-9-18(27)25-19-26(16-10-32(28,29)11-17(16)31-19)15-4-2-1-3-14(15)20(22,23)24/h1-8,16-17H,9-11H2/t16-,17+/m1/s1. The zero-order chi connectivity index (χ0) is 23.1. The number of amidine groups is 1. The number of ether oxygens (including phenoxy) is 1. The van der Waals surface area contributed by atoms with Crippen LogP contribution in [0.5, 0.6) is 5.75 Å². The number of halogens is 4. The van der Waals surface area contributed by atoms with E-state index in [0.717, 1.165) is 17.8 Å². The summed E-state index contributed by atoms with van der Waals surface area (Å²) in [5.41, 5.74) is -1.16. The van der Waals surface area contributed by atoms with Gasteiger partial charge in [0.05, 0.1) is 28.8 Å². The molecule has 1 amide bonds. The van der Waals surface area contributed by atoms with E-state index in [-0.39, 0.29) is 22.4 Å². The fraction of sp³-hybridized carbons (Fsp3) is 0.300. The maximum atomic E-state index is 13.6. The normalized spacial score (nSPS) is 23.4. The van der Waals surface area contributed by atoms with Crippen LogP contribution in [0.25, 0.3) is 0 Å². The fourth-order valence-electron chi connectivity index (χ4n) is 3.58. The molecule has 2 saturated heterocycles. The second-order valence-corrected chi connectivity index (χ2v) is 11.0. The third kappa shape index (κ3) is 4.89. The summed E-state index contributed by atoms with van der Waals surface area (Å²) in [6.45, 7) is -0.436. The van der Waals surface area contributed by atoms with Gasteiger partial charge in [-0.05, 0) is 36.4 Å². The minimum absolute atomic E-state index is 0.0244. The molecule has 0 aliphatic carbocycles. The number of carbonyl (C=O) groups is 1. The lowest BCUT2D eigenvalue weighted by Gasteiger charge is -2.27. The molecule has 0 radical (unpaired) electrons. The first-order chi connectivity index (χ1) is 15.0. The smallest absolute Gasteiger partial charge is 0.418 e. The summed E-state index contributed by atoms with van der Waals surface area (Å²) in [5, 5.41) is -0.00642. The highest BCUT2D eigenvalue weighted by Gasteiger charge is 2.51. The topological polar surface area (TPSA) is 76.0 Å². The quantitative estimate of drug-likeness (QED) is 0.625. The van der Waals surface area contributed by atoms with Crippen LogP contribution in [0.3, 0.4) is 0 Å². The van der Waals surface area contributed by atoms with Crippen LogP contribution in [-0.4, -0.2) is 48.9 Å².